The minimum absolute atomic E-state index is 0.110. The maximum Gasteiger partial charge on any atom is 0.109 e. The number of aromatic nitrogens is 2. The fourth-order valence-corrected chi connectivity index (χ4v) is 2.49. The lowest BCUT2D eigenvalue weighted by Gasteiger charge is -2.15. The van der Waals surface area contributed by atoms with Crippen LogP contribution in [0, 0.1) is 11.3 Å². The highest BCUT2D eigenvalue weighted by molar-refractivity contribution is 5.75. The van der Waals surface area contributed by atoms with Crippen molar-refractivity contribution in [3.63, 3.8) is 0 Å². The molecule has 2 aromatic rings. The van der Waals surface area contributed by atoms with Crippen LogP contribution < -0.4 is 5.32 Å². The summed E-state index contributed by atoms with van der Waals surface area (Å²) in [7, 11) is 0. The molecule has 0 saturated carbocycles. The number of hydrogen-bond donors (Lipinski definition) is 1. The number of nitrogens with zero attached hydrogens (tertiary/aromatic N) is 3. The Morgan fingerprint density at radius 2 is 2.10 bits per heavy atom. The first kappa shape index (κ1) is 14.5. The van der Waals surface area contributed by atoms with E-state index in [4.69, 9.17) is 0 Å². The minimum Gasteiger partial charge on any atom is -0.328 e. The van der Waals surface area contributed by atoms with Crippen LogP contribution in [0.2, 0.25) is 0 Å². The van der Waals surface area contributed by atoms with E-state index < -0.39 is 0 Å². The molecular weight excluding hydrogens is 248 g/mol. The van der Waals surface area contributed by atoms with Crippen LogP contribution in [-0.4, -0.2) is 21.6 Å². The van der Waals surface area contributed by atoms with Gasteiger partial charge in [-0.05, 0) is 32.4 Å². The van der Waals surface area contributed by atoms with Crippen molar-refractivity contribution >= 4 is 11.0 Å². The quantitative estimate of drug-likeness (QED) is 0.878. The summed E-state index contributed by atoms with van der Waals surface area (Å²) in [5.41, 5.74) is 2.19. The number of imidazole rings is 1. The first-order valence-electron chi connectivity index (χ1n) is 7.25. The number of rotatable bonds is 6. The Kier molecular flexibility index (Phi) is 4.75. The summed E-state index contributed by atoms with van der Waals surface area (Å²) >= 11 is 0. The van der Waals surface area contributed by atoms with Crippen LogP contribution in [0.3, 0.4) is 0 Å². The molecule has 1 N–H and O–H groups in total. The van der Waals surface area contributed by atoms with Crippen molar-refractivity contribution in [2.75, 3.05) is 0 Å². The monoisotopic (exact) mass is 270 g/mol. The number of nitriles is 1. The van der Waals surface area contributed by atoms with E-state index >= 15 is 0 Å². The average molecular weight is 270 g/mol. The Bertz CT molecular complexity index is 606. The topological polar surface area (TPSA) is 53.6 Å². The standard InChI is InChI=1S/C16H22N4/c1-4-16-19-14-7-5-6-8-15(14)20(16)10-9-13(11-17)18-12(2)3/h5-8,12-13,18H,4,9-10H2,1-3H3. The van der Waals surface area contributed by atoms with Crippen molar-refractivity contribution < 1.29 is 0 Å². The molecule has 0 radical (unpaired) electrons. The molecule has 1 atom stereocenters. The summed E-state index contributed by atoms with van der Waals surface area (Å²) in [6.07, 6.45) is 1.70. The number of nitrogens with one attached hydrogen (secondary N) is 1. The summed E-state index contributed by atoms with van der Waals surface area (Å²) in [5, 5.41) is 12.5. The molecule has 1 heterocycles. The van der Waals surface area contributed by atoms with Gasteiger partial charge in [-0.3, -0.25) is 5.32 Å². The number of para-hydroxylation sites is 2. The van der Waals surface area contributed by atoms with Gasteiger partial charge in [0.25, 0.3) is 0 Å². The molecule has 1 aromatic carbocycles. The van der Waals surface area contributed by atoms with Crippen molar-refractivity contribution in [1.82, 2.24) is 14.9 Å². The van der Waals surface area contributed by atoms with Gasteiger partial charge >= 0.3 is 0 Å². The van der Waals surface area contributed by atoms with Crippen LogP contribution in [0.1, 0.15) is 33.0 Å². The fraction of sp³-hybridized carbons (Fsp3) is 0.500. The van der Waals surface area contributed by atoms with Crippen molar-refractivity contribution in [2.24, 2.45) is 0 Å². The highest BCUT2D eigenvalue weighted by Gasteiger charge is 2.12. The molecule has 0 bridgehead atoms. The van der Waals surface area contributed by atoms with E-state index in [0.29, 0.717) is 6.04 Å². The van der Waals surface area contributed by atoms with E-state index in [1.807, 2.05) is 18.2 Å². The maximum absolute atomic E-state index is 9.21. The number of benzene rings is 1. The molecule has 0 aliphatic rings. The zero-order valence-electron chi connectivity index (χ0n) is 12.4. The Morgan fingerprint density at radius 3 is 2.75 bits per heavy atom. The highest BCUT2D eigenvalue weighted by atomic mass is 15.1. The van der Waals surface area contributed by atoms with E-state index in [2.05, 4.69) is 47.8 Å². The van der Waals surface area contributed by atoms with E-state index in [1.54, 1.807) is 0 Å². The number of fused-ring (bicyclic) bond motifs is 1. The summed E-state index contributed by atoms with van der Waals surface area (Å²) in [5.74, 6) is 1.09. The molecule has 20 heavy (non-hydrogen) atoms. The average Bonchev–Trinajstić information content (AvgIpc) is 2.81. The van der Waals surface area contributed by atoms with Gasteiger partial charge < -0.3 is 4.57 Å². The van der Waals surface area contributed by atoms with E-state index in [1.165, 1.54) is 0 Å². The third kappa shape index (κ3) is 3.17. The fourth-order valence-electron chi connectivity index (χ4n) is 2.49. The third-order valence-corrected chi connectivity index (χ3v) is 3.38. The van der Waals surface area contributed by atoms with E-state index in [9.17, 15) is 5.26 Å². The maximum atomic E-state index is 9.21. The number of aryl methyl sites for hydroxylation is 2. The lowest BCUT2D eigenvalue weighted by atomic mass is 10.2. The van der Waals surface area contributed by atoms with Gasteiger partial charge in [-0.1, -0.05) is 19.1 Å². The van der Waals surface area contributed by atoms with Gasteiger partial charge in [0.1, 0.15) is 5.82 Å². The molecular formula is C16H22N4. The number of hydrogen-bond acceptors (Lipinski definition) is 3. The van der Waals surface area contributed by atoms with Gasteiger partial charge in [-0.15, -0.1) is 0 Å². The van der Waals surface area contributed by atoms with E-state index in [-0.39, 0.29) is 6.04 Å². The van der Waals surface area contributed by atoms with Crippen molar-refractivity contribution in [2.45, 2.75) is 52.2 Å². The molecule has 0 fully saturated rings. The minimum atomic E-state index is -0.110. The Morgan fingerprint density at radius 1 is 1.35 bits per heavy atom. The predicted octanol–water partition coefficient (Wildman–Crippen LogP) is 2.88. The molecule has 0 aliphatic heterocycles. The molecule has 0 aliphatic carbocycles. The normalized spacial score (nSPS) is 12.8. The molecule has 0 spiro atoms. The largest absolute Gasteiger partial charge is 0.328 e. The smallest absolute Gasteiger partial charge is 0.109 e. The van der Waals surface area contributed by atoms with Gasteiger partial charge in [0.05, 0.1) is 23.1 Å². The third-order valence-electron chi connectivity index (χ3n) is 3.38. The van der Waals surface area contributed by atoms with Crippen LogP contribution in [0.25, 0.3) is 11.0 Å². The van der Waals surface area contributed by atoms with Crippen LogP contribution in [-0.2, 0) is 13.0 Å². The summed E-state index contributed by atoms with van der Waals surface area (Å²) in [4.78, 5) is 4.66. The zero-order valence-corrected chi connectivity index (χ0v) is 12.4. The Balaban J connectivity index is 2.18. The SMILES string of the molecule is CCc1nc2ccccc2n1CCC(C#N)NC(C)C. The molecule has 1 aromatic heterocycles. The molecule has 0 saturated heterocycles. The molecule has 4 nitrogen and oxygen atoms in total. The molecule has 1 unspecified atom stereocenters. The van der Waals surface area contributed by atoms with Crippen LogP contribution >= 0.6 is 0 Å². The molecule has 0 amide bonds. The summed E-state index contributed by atoms with van der Waals surface area (Å²) in [6.45, 7) is 7.07. The van der Waals surface area contributed by atoms with Gasteiger partial charge in [0.2, 0.25) is 0 Å². The zero-order chi connectivity index (χ0) is 14.5. The summed E-state index contributed by atoms with van der Waals surface area (Å²) < 4.78 is 2.24. The van der Waals surface area contributed by atoms with Crippen molar-refractivity contribution in [1.29, 1.82) is 5.26 Å². The van der Waals surface area contributed by atoms with Crippen LogP contribution in [0.4, 0.5) is 0 Å². The molecule has 2 rings (SSSR count). The lowest BCUT2D eigenvalue weighted by molar-refractivity contribution is 0.475. The first-order chi connectivity index (χ1) is 9.65. The highest BCUT2D eigenvalue weighted by Crippen LogP contribution is 2.17. The first-order valence-corrected chi connectivity index (χ1v) is 7.25. The second-order valence-corrected chi connectivity index (χ2v) is 5.31. The lowest BCUT2D eigenvalue weighted by Crippen LogP contribution is -2.34. The van der Waals surface area contributed by atoms with Gasteiger partial charge in [0.15, 0.2) is 0 Å². The Labute approximate surface area is 120 Å². The van der Waals surface area contributed by atoms with Crippen molar-refractivity contribution in [3.05, 3.63) is 30.1 Å². The van der Waals surface area contributed by atoms with Crippen molar-refractivity contribution in [3.8, 4) is 6.07 Å². The Hall–Kier alpha value is -1.86. The second-order valence-electron chi connectivity index (χ2n) is 5.31. The van der Waals surface area contributed by atoms with Gasteiger partial charge in [-0.2, -0.15) is 5.26 Å². The van der Waals surface area contributed by atoms with Gasteiger partial charge in [-0.25, -0.2) is 4.98 Å². The second kappa shape index (κ2) is 6.53. The molecule has 106 valence electrons. The summed E-state index contributed by atoms with van der Waals surface area (Å²) in [6, 6.07) is 10.7. The van der Waals surface area contributed by atoms with Crippen LogP contribution in [0.15, 0.2) is 24.3 Å². The van der Waals surface area contributed by atoms with E-state index in [0.717, 1.165) is 36.2 Å². The van der Waals surface area contributed by atoms with Crippen LogP contribution in [0.5, 0.6) is 0 Å². The molecule has 4 heteroatoms. The predicted molar refractivity (Wildman–Crippen MR) is 81.4 cm³/mol. The van der Waals surface area contributed by atoms with Gasteiger partial charge in [0, 0.05) is 19.0 Å².